The van der Waals surface area contributed by atoms with Crippen molar-refractivity contribution in [2.24, 2.45) is 0 Å². The molecule has 5 nitrogen and oxygen atoms in total. The molecule has 0 spiro atoms. The van der Waals surface area contributed by atoms with E-state index in [9.17, 15) is 0 Å². The molecule has 0 radical (unpaired) electrons. The van der Waals surface area contributed by atoms with Gasteiger partial charge in [0.1, 0.15) is 0 Å². The Morgan fingerprint density at radius 3 is 2.79 bits per heavy atom. The minimum atomic E-state index is 0.491. The molecule has 19 heavy (non-hydrogen) atoms. The van der Waals surface area contributed by atoms with Crippen molar-refractivity contribution < 1.29 is 0 Å². The van der Waals surface area contributed by atoms with Crippen LogP contribution in [0.1, 0.15) is 12.8 Å². The van der Waals surface area contributed by atoms with Crippen molar-refractivity contribution in [1.82, 2.24) is 20.3 Å². The zero-order chi connectivity index (χ0) is 13.1. The number of aromatic nitrogens is 3. The number of rotatable bonds is 3. The van der Waals surface area contributed by atoms with Gasteiger partial charge in [-0.1, -0.05) is 0 Å². The molecule has 2 aromatic heterocycles. The molecule has 0 saturated carbocycles. The lowest BCUT2D eigenvalue weighted by atomic mass is 10.1. The standard InChI is InChI=1S/C14H19N5/c1-19(12-4-2-6-15-10-12)14-17-8-11(9-18-14)13-5-3-7-16-13/h3,5,7-9,12,15-16H,2,4,6,10H2,1H3. The molecule has 100 valence electrons. The molecule has 1 atom stereocenters. The van der Waals surface area contributed by atoms with Gasteiger partial charge in [-0.25, -0.2) is 9.97 Å². The van der Waals surface area contributed by atoms with Gasteiger partial charge in [-0.15, -0.1) is 0 Å². The van der Waals surface area contributed by atoms with Gasteiger partial charge in [-0.3, -0.25) is 0 Å². The first-order valence-electron chi connectivity index (χ1n) is 6.74. The number of aromatic amines is 1. The summed E-state index contributed by atoms with van der Waals surface area (Å²) in [6, 6.07) is 4.49. The maximum absolute atomic E-state index is 4.48. The average molecular weight is 257 g/mol. The number of nitrogens with zero attached hydrogens (tertiary/aromatic N) is 3. The summed E-state index contributed by atoms with van der Waals surface area (Å²) in [6.07, 6.45) is 8.08. The SMILES string of the molecule is CN(c1ncc(-c2ccc[nH]2)cn1)C1CCCNC1. The number of nitrogens with one attached hydrogen (secondary N) is 2. The first-order valence-corrected chi connectivity index (χ1v) is 6.74. The monoisotopic (exact) mass is 257 g/mol. The van der Waals surface area contributed by atoms with E-state index in [-0.39, 0.29) is 0 Å². The molecular weight excluding hydrogens is 238 g/mol. The van der Waals surface area contributed by atoms with Gasteiger partial charge in [-0.05, 0) is 31.5 Å². The molecule has 0 aromatic carbocycles. The van der Waals surface area contributed by atoms with E-state index in [1.807, 2.05) is 30.7 Å². The van der Waals surface area contributed by atoms with Gasteiger partial charge >= 0.3 is 0 Å². The van der Waals surface area contributed by atoms with Crippen LogP contribution in [0.3, 0.4) is 0 Å². The Hall–Kier alpha value is -1.88. The zero-order valence-corrected chi connectivity index (χ0v) is 11.1. The molecule has 3 rings (SSSR count). The highest BCUT2D eigenvalue weighted by Crippen LogP contribution is 2.18. The molecule has 1 aliphatic rings. The lowest BCUT2D eigenvalue weighted by Crippen LogP contribution is -2.44. The molecule has 1 aliphatic heterocycles. The van der Waals surface area contributed by atoms with Crippen LogP contribution in [0.5, 0.6) is 0 Å². The minimum Gasteiger partial charge on any atom is -0.361 e. The molecule has 2 aromatic rings. The molecule has 3 heterocycles. The van der Waals surface area contributed by atoms with Gasteiger partial charge in [0.25, 0.3) is 0 Å². The Balaban J connectivity index is 1.74. The minimum absolute atomic E-state index is 0.491. The van der Waals surface area contributed by atoms with Gasteiger partial charge in [0, 0.05) is 49.5 Å². The van der Waals surface area contributed by atoms with E-state index in [1.54, 1.807) is 0 Å². The van der Waals surface area contributed by atoms with Gasteiger partial charge < -0.3 is 15.2 Å². The Bertz CT molecular complexity index is 499. The Kier molecular flexibility index (Phi) is 3.46. The van der Waals surface area contributed by atoms with Crippen LogP contribution < -0.4 is 10.2 Å². The van der Waals surface area contributed by atoms with E-state index < -0.39 is 0 Å². The summed E-state index contributed by atoms with van der Waals surface area (Å²) in [6.45, 7) is 2.13. The Morgan fingerprint density at radius 2 is 2.16 bits per heavy atom. The maximum atomic E-state index is 4.48. The first-order chi connectivity index (χ1) is 9.34. The van der Waals surface area contributed by atoms with E-state index in [2.05, 4.69) is 32.2 Å². The summed E-state index contributed by atoms with van der Waals surface area (Å²) in [7, 11) is 2.07. The molecule has 1 unspecified atom stereocenters. The van der Waals surface area contributed by atoms with E-state index in [4.69, 9.17) is 0 Å². The molecular formula is C14H19N5. The van der Waals surface area contributed by atoms with Crippen LogP contribution in [0.4, 0.5) is 5.95 Å². The number of piperidine rings is 1. The predicted molar refractivity (Wildman–Crippen MR) is 76.1 cm³/mol. The van der Waals surface area contributed by atoms with Crippen LogP contribution in [-0.2, 0) is 0 Å². The summed E-state index contributed by atoms with van der Waals surface area (Å²) in [5.41, 5.74) is 2.07. The second-order valence-electron chi connectivity index (χ2n) is 4.97. The first kappa shape index (κ1) is 12.2. The van der Waals surface area contributed by atoms with E-state index in [0.29, 0.717) is 6.04 Å². The van der Waals surface area contributed by atoms with Crippen LogP contribution in [-0.4, -0.2) is 41.1 Å². The lowest BCUT2D eigenvalue weighted by Gasteiger charge is -2.31. The van der Waals surface area contributed by atoms with Crippen LogP contribution in [0.15, 0.2) is 30.7 Å². The number of hydrogen-bond acceptors (Lipinski definition) is 4. The van der Waals surface area contributed by atoms with Crippen molar-refractivity contribution in [2.75, 3.05) is 25.0 Å². The zero-order valence-electron chi connectivity index (χ0n) is 11.1. The quantitative estimate of drug-likeness (QED) is 0.878. The molecule has 1 saturated heterocycles. The van der Waals surface area contributed by atoms with Crippen molar-refractivity contribution in [3.63, 3.8) is 0 Å². The van der Waals surface area contributed by atoms with Crippen molar-refractivity contribution in [2.45, 2.75) is 18.9 Å². The number of likely N-dealkylation sites (N-methyl/N-ethyl adjacent to an activating group) is 1. The summed E-state index contributed by atoms with van der Waals surface area (Å²) >= 11 is 0. The molecule has 0 aliphatic carbocycles. The predicted octanol–water partition coefficient (Wildman–Crippen LogP) is 1.66. The highest BCUT2D eigenvalue weighted by atomic mass is 15.3. The van der Waals surface area contributed by atoms with Crippen LogP contribution in [0, 0.1) is 0 Å². The molecule has 2 N–H and O–H groups in total. The third-order valence-corrected chi connectivity index (χ3v) is 3.68. The van der Waals surface area contributed by atoms with E-state index in [0.717, 1.165) is 30.3 Å². The summed E-state index contributed by atoms with van der Waals surface area (Å²) in [5.74, 6) is 0.795. The Labute approximate surface area is 113 Å². The summed E-state index contributed by atoms with van der Waals surface area (Å²) in [4.78, 5) is 14.3. The van der Waals surface area contributed by atoms with Crippen LogP contribution in [0.2, 0.25) is 0 Å². The third-order valence-electron chi connectivity index (χ3n) is 3.68. The molecule has 5 heteroatoms. The highest BCUT2D eigenvalue weighted by molar-refractivity contribution is 5.57. The topological polar surface area (TPSA) is 56.8 Å². The van der Waals surface area contributed by atoms with Gasteiger partial charge in [0.2, 0.25) is 5.95 Å². The van der Waals surface area contributed by atoms with E-state index in [1.165, 1.54) is 12.8 Å². The van der Waals surface area contributed by atoms with Gasteiger partial charge in [-0.2, -0.15) is 0 Å². The normalized spacial score (nSPS) is 19.3. The lowest BCUT2D eigenvalue weighted by molar-refractivity contribution is 0.441. The number of hydrogen-bond donors (Lipinski definition) is 2. The third kappa shape index (κ3) is 2.61. The van der Waals surface area contributed by atoms with Crippen LogP contribution >= 0.6 is 0 Å². The van der Waals surface area contributed by atoms with Crippen molar-refractivity contribution in [3.05, 3.63) is 30.7 Å². The molecule has 0 bridgehead atoms. The number of H-pyrrole nitrogens is 1. The largest absolute Gasteiger partial charge is 0.361 e. The summed E-state index contributed by atoms with van der Waals surface area (Å²) < 4.78 is 0. The fourth-order valence-electron chi connectivity index (χ4n) is 2.48. The Morgan fingerprint density at radius 1 is 1.32 bits per heavy atom. The van der Waals surface area contributed by atoms with E-state index >= 15 is 0 Å². The number of anilines is 1. The van der Waals surface area contributed by atoms with Crippen molar-refractivity contribution in [3.8, 4) is 11.3 Å². The fraction of sp³-hybridized carbons (Fsp3) is 0.429. The van der Waals surface area contributed by atoms with Crippen molar-refractivity contribution in [1.29, 1.82) is 0 Å². The smallest absolute Gasteiger partial charge is 0.225 e. The summed E-state index contributed by atoms with van der Waals surface area (Å²) in [5, 5.41) is 3.42. The molecule has 0 amide bonds. The van der Waals surface area contributed by atoms with Gasteiger partial charge in [0.05, 0.1) is 0 Å². The van der Waals surface area contributed by atoms with Crippen molar-refractivity contribution >= 4 is 5.95 Å². The highest BCUT2D eigenvalue weighted by Gasteiger charge is 2.19. The second kappa shape index (κ2) is 5.40. The molecule has 1 fully saturated rings. The maximum Gasteiger partial charge on any atom is 0.225 e. The van der Waals surface area contributed by atoms with Crippen LogP contribution in [0.25, 0.3) is 11.3 Å². The average Bonchev–Trinajstić information content (AvgIpc) is 3.02. The second-order valence-corrected chi connectivity index (χ2v) is 4.97. The van der Waals surface area contributed by atoms with Gasteiger partial charge in [0.15, 0.2) is 0 Å². The fourth-order valence-corrected chi connectivity index (χ4v) is 2.48.